The topological polar surface area (TPSA) is 47.0 Å². The van der Waals surface area contributed by atoms with E-state index in [4.69, 9.17) is 4.74 Å². The van der Waals surface area contributed by atoms with E-state index in [0.717, 1.165) is 23.3 Å². The third-order valence-corrected chi connectivity index (χ3v) is 4.24. The normalized spacial score (nSPS) is 10.8. The summed E-state index contributed by atoms with van der Waals surface area (Å²) in [6, 6.07) is 14.5. The molecule has 0 fully saturated rings. The zero-order chi connectivity index (χ0) is 13.8. The molecule has 1 aromatic heterocycles. The molecule has 1 N–H and O–H groups in total. The van der Waals surface area contributed by atoms with Crippen LogP contribution < -0.4 is 5.32 Å². The number of nitrogens with zero attached hydrogens (tertiary/aromatic N) is 2. The molecule has 0 radical (unpaired) electrons. The van der Waals surface area contributed by atoms with Crippen LogP contribution in [-0.2, 0) is 17.9 Å². The summed E-state index contributed by atoms with van der Waals surface area (Å²) in [7, 11) is 1.71. The van der Waals surface area contributed by atoms with E-state index < -0.39 is 0 Å². The van der Waals surface area contributed by atoms with Crippen LogP contribution in [0.5, 0.6) is 0 Å². The SMILES string of the molecule is COCc1ccc(CNc2cccc3n[se]nc23)cc1. The third-order valence-electron chi connectivity index (χ3n) is 3.10. The predicted octanol–water partition coefficient (Wildman–Crippen LogP) is 2.45. The fraction of sp³-hybridized carbons (Fsp3) is 0.200. The first kappa shape index (κ1) is 13.3. The van der Waals surface area contributed by atoms with Crippen LogP contribution in [-0.4, -0.2) is 30.0 Å². The number of hydrogen-bond donors (Lipinski definition) is 1. The van der Waals surface area contributed by atoms with Gasteiger partial charge in [0.2, 0.25) is 0 Å². The van der Waals surface area contributed by atoms with Crippen molar-refractivity contribution in [1.29, 1.82) is 0 Å². The Kier molecular flexibility index (Phi) is 4.11. The third kappa shape index (κ3) is 2.90. The summed E-state index contributed by atoms with van der Waals surface area (Å²) in [6.45, 7) is 1.44. The van der Waals surface area contributed by atoms with Gasteiger partial charge in [-0.25, -0.2) is 0 Å². The van der Waals surface area contributed by atoms with Crippen LogP contribution in [0.15, 0.2) is 42.5 Å². The number of rotatable bonds is 5. The molecule has 0 saturated carbocycles. The van der Waals surface area contributed by atoms with Gasteiger partial charge in [-0.2, -0.15) is 0 Å². The van der Waals surface area contributed by atoms with E-state index in [2.05, 4.69) is 43.6 Å². The number of anilines is 1. The minimum atomic E-state index is 0.0158. The van der Waals surface area contributed by atoms with Crippen molar-refractivity contribution in [3.8, 4) is 0 Å². The average molecular weight is 332 g/mol. The Balaban J connectivity index is 1.71. The molecule has 0 aliphatic carbocycles. The summed E-state index contributed by atoms with van der Waals surface area (Å²) in [6.07, 6.45) is 0. The fourth-order valence-electron chi connectivity index (χ4n) is 2.07. The van der Waals surface area contributed by atoms with Gasteiger partial charge in [-0.15, -0.1) is 0 Å². The summed E-state index contributed by atoms with van der Waals surface area (Å²) in [5.41, 5.74) is 5.50. The molecule has 0 aliphatic rings. The van der Waals surface area contributed by atoms with E-state index in [1.165, 1.54) is 11.1 Å². The first-order valence-corrected chi connectivity index (χ1v) is 7.92. The molecule has 0 unspecified atom stereocenters. The Labute approximate surface area is 124 Å². The van der Waals surface area contributed by atoms with E-state index in [0.29, 0.717) is 6.61 Å². The van der Waals surface area contributed by atoms with Crippen molar-refractivity contribution < 1.29 is 4.74 Å². The van der Waals surface area contributed by atoms with E-state index in [1.807, 2.05) is 12.1 Å². The maximum atomic E-state index is 5.11. The molecule has 3 rings (SSSR count). The number of aromatic nitrogens is 2. The summed E-state index contributed by atoms with van der Waals surface area (Å²) in [5, 5.41) is 3.44. The number of benzene rings is 2. The van der Waals surface area contributed by atoms with Crippen molar-refractivity contribution in [2.45, 2.75) is 13.2 Å². The summed E-state index contributed by atoms with van der Waals surface area (Å²) < 4.78 is 14.0. The first-order chi connectivity index (χ1) is 9.86. The van der Waals surface area contributed by atoms with Crippen molar-refractivity contribution in [3.63, 3.8) is 0 Å². The molecule has 1 heterocycles. The molecular weight excluding hydrogens is 317 g/mol. The van der Waals surface area contributed by atoms with Crippen LogP contribution in [0.25, 0.3) is 11.0 Å². The summed E-state index contributed by atoms with van der Waals surface area (Å²) in [5.74, 6) is 0. The van der Waals surface area contributed by atoms with Gasteiger partial charge >= 0.3 is 124 Å². The number of nitrogens with one attached hydrogen (secondary N) is 1. The van der Waals surface area contributed by atoms with Gasteiger partial charge in [0.05, 0.1) is 0 Å². The molecular formula is C15H15N3OSe. The molecule has 0 bridgehead atoms. The van der Waals surface area contributed by atoms with Gasteiger partial charge in [-0.3, -0.25) is 0 Å². The number of ether oxygens (including phenoxy) is 1. The van der Waals surface area contributed by atoms with Gasteiger partial charge in [-0.05, 0) is 0 Å². The molecule has 0 aliphatic heterocycles. The minimum absolute atomic E-state index is 0.0158. The monoisotopic (exact) mass is 333 g/mol. The van der Waals surface area contributed by atoms with Gasteiger partial charge in [0.25, 0.3) is 0 Å². The van der Waals surface area contributed by atoms with Crippen molar-refractivity contribution in [2.24, 2.45) is 0 Å². The second-order valence-electron chi connectivity index (χ2n) is 4.54. The number of hydrogen-bond acceptors (Lipinski definition) is 4. The van der Waals surface area contributed by atoms with E-state index in [9.17, 15) is 0 Å². The zero-order valence-corrected chi connectivity index (χ0v) is 12.9. The van der Waals surface area contributed by atoms with Crippen LogP contribution in [0.1, 0.15) is 11.1 Å². The van der Waals surface area contributed by atoms with Crippen LogP contribution in [0, 0.1) is 0 Å². The Bertz CT molecular complexity index is 694. The maximum absolute atomic E-state index is 5.11. The first-order valence-electron chi connectivity index (χ1n) is 6.39. The van der Waals surface area contributed by atoms with Crippen LogP contribution >= 0.6 is 0 Å². The second kappa shape index (κ2) is 6.18. The molecule has 2 aromatic carbocycles. The molecule has 0 amide bonds. The second-order valence-corrected chi connectivity index (χ2v) is 5.65. The van der Waals surface area contributed by atoms with Crippen molar-refractivity contribution in [2.75, 3.05) is 12.4 Å². The van der Waals surface area contributed by atoms with Gasteiger partial charge in [0.1, 0.15) is 0 Å². The Morgan fingerprint density at radius 1 is 1.05 bits per heavy atom. The van der Waals surface area contributed by atoms with Crippen LogP contribution in [0.4, 0.5) is 5.69 Å². The van der Waals surface area contributed by atoms with E-state index >= 15 is 0 Å². The molecule has 3 aromatic rings. The van der Waals surface area contributed by atoms with E-state index in [1.54, 1.807) is 7.11 Å². The van der Waals surface area contributed by atoms with Gasteiger partial charge < -0.3 is 0 Å². The van der Waals surface area contributed by atoms with Crippen LogP contribution in [0.2, 0.25) is 0 Å². The summed E-state index contributed by atoms with van der Waals surface area (Å²) >= 11 is 0.0158. The molecule has 4 nitrogen and oxygen atoms in total. The van der Waals surface area contributed by atoms with Crippen LogP contribution in [0.3, 0.4) is 0 Å². The van der Waals surface area contributed by atoms with Gasteiger partial charge in [0, 0.05) is 0 Å². The summed E-state index contributed by atoms with van der Waals surface area (Å²) in [4.78, 5) is 0. The predicted molar refractivity (Wildman–Crippen MR) is 81.0 cm³/mol. The van der Waals surface area contributed by atoms with Gasteiger partial charge in [-0.1, -0.05) is 0 Å². The average Bonchev–Trinajstić information content (AvgIpc) is 2.96. The fourth-order valence-corrected chi connectivity index (χ4v) is 3.22. The Morgan fingerprint density at radius 2 is 1.85 bits per heavy atom. The quantitative estimate of drug-likeness (QED) is 0.729. The Hall–Kier alpha value is -1.68. The van der Waals surface area contributed by atoms with Crippen molar-refractivity contribution >= 4 is 31.7 Å². The molecule has 0 atom stereocenters. The van der Waals surface area contributed by atoms with Gasteiger partial charge in [0.15, 0.2) is 0 Å². The molecule has 20 heavy (non-hydrogen) atoms. The Morgan fingerprint density at radius 3 is 2.65 bits per heavy atom. The molecule has 102 valence electrons. The molecule has 0 saturated heterocycles. The van der Waals surface area contributed by atoms with Crippen molar-refractivity contribution in [3.05, 3.63) is 53.6 Å². The molecule has 0 spiro atoms. The number of fused-ring (bicyclic) bond motifs is 1. The standard InChI is InChI=1S/C15H15N3OSe/c1-19-10-12-7-5-11(6-8-12)9-16-13-3-2-4-14-15(13)18-20-17-14/h2-8,16H,9-10H2,1H3. The zero-order valence-electron chi connectivity index (χ0n) is 11.2. The molecule has 5 heteroatoms. The van der Waals surface area contributed by atoms with E-state index in [-0.39, 0.29) is 15.0 Å². The number of methoxy groups -OCH3 is 1. The van der Waals surface area contributed by atoms with Crippen molar-refractivity contribution in [1.82, 2.24) is 7.96 Å².